The first-order valence-corrected chi connectivity index (χ1v) is 3.07. The molecule has 1 unspecified atom stereocenters. The third-order valence-corrected chi connectivity index (χ3v) is 1.28. The van der Waals surface area contributed by atoms with Crippen LogP contribution in [0, 0.1) is 5.95 Å². The van der Waals surface area contributed by atoms with Crippen molar-refractivity contribution < 1.29 is 4.39 Å². The first-order valence-electron chi connectivity index (χ1n) is 3.07. The van der Waals surface area contributed by atoms with Crippen LogP contribution in [0.1, 0.15) is 18.5 Å². The standard InChI is InChI=1S/C7H9FN2.ClH/c1-5(9)6-2-3-7(8)10-4-6;/h2-5H,9H2,1H3;1H. The molecule has 0 radical (unpaired) electrons. The second-order valence-electron chi connectivity index (χ2n) is 2.20. The largest absolute Gasteiger partial charge is 0.324 e. The molecule has 0 saturated heterocycles. The lowest BCUT2D eigenvalue weighted by molar-refractivity contribution is 0.580. The maximum Gasteiger partial charge on any atom is 0.212 e. The maximum atomic E-state index is 12.2. The molecule has 1 atom stereocenters. The highest BCUT2D eigenvalue weighted by molar-refractivity contribution is 5.85. The van der Waals surface area contributed by atoms with E-state index in [9.17, 15) is 4.39 Å². The van der Waals surface area contributed by atoms with E-state index in [0.29, 0.717) is 0 Å². The Hall–Kier alpha value is -0.670. The molecule has 0 spiro atoms. The fourth-order valence-electron chi connectivity index (χ4n) is 0.657. The molecule has 0 aromatic carbocycles. The van der Waals surface area contributed by atoms with Crippen LogP contribution in [0.25, 0.3) is 0 Å². The fraction of sp³-hybridized carbons (Fsp3) is 0.286. The van der Waals surface area contributed by atoms with Crippen LogP contribution in [-0.4, -0.2) is 4.98 Å². The topological polar surface area (TPSA) is 38.9 Å². The minimum absolute atomic E-state index is 0. The number of rotatable bonds is 1. The number of pyridine rings is 1. The molecule has 1 heterocycles. The normalized spacial score (nSPS) is 11.9. The number of hydrogen-bond acceptors (Lipinski definition) is 2. The third kappa shape index (κ3) is 2.82. The van der Waals surface area contributed by atoms with Crippen molar-refractivity contribution in [1.29, 1.82) is 0 Å². The lowest BCUT2D eigenvalue weighted by Gasteiger charge is -2.02. The monoisotopic (exact) mass is 176 g/mol. The van der Waals surface area contributed by atoms with Crippen molar-refractivity contribution >= 4 is 12.4 Å². The molecule has 1 aromatic rings. The predicted octanol–water partition coefficient (Wildman–Crippen LogP) is 1.66. The molecule has 0 saturated carbocycles. The summed E-state index contributed by atoms with van der Waals surface area (Å²) >= 11 is 0. The van der Waals surface area contributed by atoms with Gasteiger partial charge in [0.05, 0.1) is 0 Å². The molecule has 0 aliphatic rings. The molecule has 0 fully saturated rings. The number of nitrogens with two attached hydrogens (primary N) is 1. The molecular formula is C7H10ClFN2. The summed E-state index contributed by atoms with van der Waals surface area (Å²) in [5.74, 6) is -0.468. The van der Waals surface area contributed by atoms with Gasteiger partial charge in [-0.3, -0.25) is 0 Å². The van der Waals surface area contributed by atoms with Crippen molar-refractivity contribution in [3.8, 4) is 0 Å². The second kappa shape index (κ2) is 4.26. The molecule has 0 bridgehead atoms. The van der Waals surface area contributed by atoms with Crippen LogP contribution < -0.4 is 5.73 Å². The van der Waals surface area contributed by atoms with Crippen LogP contribution in [-0.2, 0) is 0 Å². The van der Waals surface area contributed by atoms with E-state index < -0.39 is 5.95 Å². The minimum atomic E-state index is -0.468. The molecule has 2 nitrogen and oxygen atoms in total. The van der Waals surface area contributed by atoms with Crippen molar-refractivity contribution in [2.75, 3.05) is 0 Å². The molecule has 2 N–H and O–H groups in total. The van der Waals surface area contributed by atoms with E-state index in [2.05, 4.69) is 4.98 Å². The van der Waals surface area contributed by atoms with Crippen LogP contribution in [0.5, 0.6) is 0 Å². The van der Waals surface area contributed by atoms with E-state index >= 15 is 0 Å². The zero-order valence-corrected chi connectivity index (χ0v) is 6.94. The molecule has 0 amide bonds. The van der Waals surface area contributed by atoms with Crippen LogP contribution in [0.3, 0.4) is 0 Å². The van der Waals surface area contributed by atoms with E-state index in [4.69, 9.17) is 5.73 Å². The van der Waals surface area contributed by atoms with Gasteiger partial charge in [-0.2, -0.15) is 4.39 Å². The van der Waals surface area contributed by atoms with Gasteiger partial charge in [0.1, 0.15) is 0 Å². The zero-order valence-electron chi connectivity index (χ0n) is 6.12. The highest BCUT2D eigenvalue weighted by Gasteiger charge is 1.98. The van der Waals surface area contributed by atoms with E-state index in [0.717, 1.165) is 5.56 Å². The summed E-state index contributed by atoms with van der Waals surface area (Å²) in [6.07, 6.45) is 1.44. The first-order chi connectivity index (χ1) is 4.70. The molecule has 1 rings (SSSR count). The molecule has 62 valence electrons. The lowest BCUT2D eigenvalue weighted by Crippen LogP contribution is -2.05. The average Bonchev–Trinajstić information content (AvgIpc) is 1.88. The predicted molar refractivity (Wildman–Crippen MR) is 44.0 cm³/mol. The Kier molecular flexibility index (Phi) is 4.00. The summed E-state index contributed by atoms with van der Waals surface area (Å²) in [6, 6.07) is 2.86. The molecular weight excluding hydrogens is 167 g/mol. The van der Waals surface area contributed by atoms with Crippen molar-refractivity contribution in [1.82, 2.24) is 4.98 Å². The van der Waals surface area contributed by atoms with Crippen molar-refractivity contribution in [2.45, 2.75) is 13.0 Å². The van der Waals surface area contributed by atoms with Gasteiger partial charge in [-0.1, -0.05) is 6.07 Å². The van der Waals surface area contributed by atoms with Gasteiger partial charge in [-0.25, -0.2) is 4.98 Å². The quantitative estimate of drug-likeness (QED) is 0.661. The summed E-state index contributed by atoms with van der Waals surface area (Å²) < 4.78 is 12.2. The summed E-state index contributed by atoms with van der Waals surface area (Å²) in [4.78, 5) is 3.45. The third-order valence-electron chi connectivity index (χ3n) is 1.28. The smallest absolute Gasteiger partial charge is 0.212 e. The van der Waals surface area contributed by atoms with Crippen molar-refractivity contribution in [3.05, 3.63) is 29.8 Å². The van der Waals surface area contributed by atoms with Crippen LogP contribution in [0.15, 0.2) is 18.3 Å². The maximum absolute atomic E-state index is 12.2. The van der Waals surface area contributed by atoms with Crippen LogP contribution in [0.4, 0.5) is 4.39 Å². The Labute approximate surface area is 71.0 Å². The van der Waals surface area contributed by atoms with Gasteiger partial charge in [-0.05, 0) is 18.6 Å². The van der Waals surface area contributed by atoms with E-state index in [1.54, 1.807) is 6.07 Å². The molecule has 1 aromatic heterocycles. The van der Waals surface area contributed by atoms with Gasteiger partial charge in [0.15, 0.2) is 0 Å². The summed E-state index contributed by atoms with van der Waals surface area (Å²) in [6.45, 7) is 1.83. The average molecular weight is 177 g/mol. The van der Waals surface area contributed by atoms with Crippen molar-refractivity contribution in [3.63, 3.8) is 0 Å². The van der Waals surface area contributed by atoms with Crippen molar-refractivity contribution in [2.24, 2.45) is 5.73 Å². The van der Waals surface area contributed by atoms with E-state index in [1.165, 1.54) is 12.3 Å². The Morgan fingerprint density at radius 1 is 1.55 bits per heavy atom. The number of halogens is 2. The van der Waals surface area contributed by atoms with Gasteiger partial charge in [0, 0.05) is 12.2 Å². The Morgan fingerprint density at radius 3 is 2.55 bits per heavy atom. The number of aromatic nitrogens is 1. The minimum Gasteiger partial charge on any atom is -0.324 e. The second-order valence-corrected chi connectivity index (χ2v) is 2.20. The number of nitrogens with zero attached hydrogens (tertiary/aromatic N) is 1. The Morgan fingerprint density at radius 2 is 2.18 bits per heavy atom. The highest BCUT2D eigenvalue weighted by Crippen LogP contribution is 2.06. The van der Waals surface area contributed by atoms with Gasteiger partial charge < -0.3 is 5.73 Å². The molecule has 0 aliphatic heterocycles. The SMILES string of the molecule is CC(N)c1ccc(F)nc1.Cl. The summed E-state index contributed by atoms with van der Waals surface area (Å²) in [5.41, 5.74) is 6.35. The van der Waals surface area contributed by atoms with E-state index in [1.807, 2.05) is 6.92 Å². The van der Waals surface area contributed by atoms with E-state index in [-0.39, 0.29) is 18.4 Å². The number of hydrogen-bond donors (Lipinski definition) is 1. The van der Waals surface area contributed by atoms with Gasteiger partial charge in [0.25, 0.3) is 0 Å². The first kappa shape index (κ1) is 10.3. The molecule has 4 heteroatoms. The summed E-state index contributed by atoms with van der Waals surface area (Å²) in [7, 11) is 0. The Bertz CT molecular complexity index is 210. The van der Waals surface area contributed by atoms with Crippen LogP contribution in [0.2, 0.25) is 0 Å². The molecule has 11 heavy (non-hydrogen) atoms. The lowest BCUT2D eigenvalue weighted by atomic mass is 10.2. The zero-order chi connectivity index (χ0) is 7.56. The van der Waals surface area contributed by atoms with Gasteiger partial charge in [0.2, 0.25) is 5.95 Å². The molecule has 0 aliphatic carbocycles. The van der Waals surface area contributed by atoms with Gasteiger partial charge in [-0.15, -0.1) is 12.4 Å². The highest BCUT2D eigenvalue weighted by atomic mass is 35.5. The summed E-state index contributed by atoms with van der Waals surface area (Å²) in [5, 5.41) is 0. The van der Waals surface area contributed by atoms with Gasteiger partial charge >= 0.3 is 0 Å². The fourth-order valence-corrected chi connectivity index (χ4v) is 0.657. The Balaban J connectivity index is 0.000001000. The van der Waals surface area contributed by atoms with Crippen LogP contribution >= 0.6 is 12.4 Å².